The van der Waals surface area contributed by atoms with Gasteiger partial charge in [-0.25, -0.2) is 9.97 Å². The van der Waals surface area contributed by atoms with E-state index in [1.165, 1.54) is 11.3 Å². The Morgan fingerprint density at radius 3 is 2.59 bits per heavy atom. The molecule has 3 aromatic rings. The van der Waals surface area contributed by atoms with E-state index in [2.05, 4.69) is 27.3 Å². The zero-order chi connectivity index (χ0) is 21.8. The van der Waals surface area contributed by atoms with Crippen LogP contribution in [0.2, 0.25) is 0 Å². The lowest BCUT2D eigenvalue weighted by atomic mass is 9.95. The van der Waals surface area contributed by atoms with Gasteiger partial charge in [0.05, 0.1) is 0 Å². The molecule has 1 aromatic carbocycles. The Bertz CT molecular complexity index is 1060. The summed E-state index contributed by atoms with van der Waals surface area (Å²) in [7, 11) is 0. The molecule has 2 aliphatic rings. The third-order valence-corrected chi connectivity index (χ3v) is 6.52. The highest BCUT2D eigenvalue weighted by Gasteiger charge is 2.29. The van der Waals surface area contributed by atoms with E-state index in [0.29, 0.717) is 6.54 Å². The summed E-state index contributed by atoms with van der Waals surface area (Å²) in [5, 5.41) is 3.10. The molecule has 1 saturated heterocycles. The van der Waals surface area contributed by atoms with E-state index in [4.69, 9.17) is 9.97 Å². The average molecular weight is 428 g/mol. The summed E-state index contributed by atoms with van der Waals surface area (Å²) in [5.74, 6) is 2.13. The third-order valence-electron chi connectivity index (χ3n) is 6.52. The van der Waals surface area contributed by atoms with Gasteiger partial charge in [0.2, 0.25) is 5.91 Å². The lowest BCUT2D eigenvalue weighted by Gasteiger charge is -2.33. The predicted octanol–water partition coefficient (Wildman–Crippen LogP) is 3.60. The van der Waals surface area contributed by atoms with Gasteiger partial charge in [0.25, 0.3) is 0 Å². The number of carbonyl (C=O) groups is 1. The van der Waals surface area contributed by atoms with Gasteiger partial charge in [-0.1, -0.05) is 36.4 Å². The lowest BCUT2D eigenvalue weighted by molar-refractivity contribution is -0.125. The zero-order valence-corrected chi connectivity index (χ0v) is 18.3. The number of piperidine rings is 1. The van der Waals surface area contributed by atoms with Crippen LogP contribution >= 0.6 is 0 Å². The van der Waals surface area contributed by atoms with E-state index >= 15 is 0 Å². The maximum atomic E-state index is 12.7. The van der Waals surface area contributed by atoms with Crippen LogP contribution in [0.5, 0.6) is 0 Å². The van der Waals surface area contributed by atoms with E-state index in [0.717, 1.165) is 74.5 Å². The number of rotatable bonds is 6. The van der Waals surface area contributed by atoms with Crippen molar-refractivity contribution in [1.82, 2.24) is 20.3 Å². The summed E-state index contributed by atoms with van der Waals surface area (Å²) in [6.45, 7) is 2.35. The average Bonchev–Trinajstić information content (AvgIpc) is 3.34. The number of carbonyl (C=O) groups excluding carboxylic acids is 1. The van der Waals surface area contributed by atoms with Crippen LogP contribution < -0.4 is 10.2 Å². The van der Waals surface area contributed by atoms with Crippen LogP contribution in [0.1, 0.15) is 36.2 Å². The summed E-state index contributed by atoms with van der Waals surface area (Å²) in [5.41, 5.74) is 4.58. The molecular weight excluding hydrogens is 398 g/mol. The number of benzene rings is 1. The van der Waals surface area contributed by atoms with E-state index in [1.807, 2.05) is 36.4 Å². The number of amides is 1. The first-order valence-corrected chi connectivity index (χ1v) is 11.7. The minimum atomic E-state index is 0.0680. The molecule has 0 atom stereocenters. The molecule has 0 unspecified atom stereocenters. The number of aryl methyl sites for hydroxylation is 1. The summed E-state index contributed by atoms with van der Waals surface area (Å²) in [6, 6.07) is 16.1. The zero-order valence-electron chi connectivity index (χ0n) is 18.3. The van der Waals surface area contributed by atoms with Crippen molar-refractivity contribution in [1.29, 1.82) is 0 Å². The Balaban J connectivity index is 1.22. The third kappa shape index (κ3) is 4.49. The quantitative estimate of drug-likeness (QED) is 0.651. The minimum Gasteiger partial charge on any atom is -0.356 e. The molecule has 0 saturated carbocycles. The molecular formula is C26H29N5O. The first kappa shape index (κ1) is 20.6. The molecule has 3 heterocycles. The van der Waals surface area contributed by atoms with Gasteiger partial charge in [0, 0.05) is 60.7 Å². The largest absolute Gasteiger partial charge is 0.356 e. The van der Waals surface area contributed by atoms with Gasteiger partial charge in [-0.15, -0.1) is 0 Å². The molecule has 2 aromatic heterocycles. The Morgan fingerprint density at radius 2 is 1.81 bits per heavy atom. The van der Waals surface area contributed by atoms with Gasteiger partial charge in [-0.2, -0.15) is 0 Å². The van der Waals surface area contributed by atoms with E-state index in [-0.39, 0.29) is 11.8 Å². The highest BCUT2D eigenvalue weighted by atomic mass is 16.1. The maximum absolute atomic E-state index is 12.7. The Morgan fingerprint density at radius 1 is 1.00 bits per heavy atom. The second-order valence-corrected chi connectivity index (χ2v) is 8.64. The number of nitrogens with zero attached hydrogens (tertiary/aromatic N) is 4. The minimum absolute atomic E-state index is 0.0680. The van der Waals surface area contributed by atoms with E-state index in [1.54, 1.807) is 6.20 Å². The van der Waals surface area contributed by atoms with Crippen LogP contribution in [0, 0.1) is 5.92 Å². The molecule has 32 heavy (non-hydrogen) atoms. The van der Waals surface area contributed by atoms with Gasteiger partial charge in [0.15, 0.2) is 5.82 Å². The molecule has 164 valence electrons. The standard InChI is InChI=1S/C26H29N5O/c32-26(28-16-12-21-9-4-5-15-27-21)20-13-17-31(18-14-20)25-22-10-6-11-23(22)29-24(30-25)19-7-2-1-3-8-19/h1-5,7-9,15,20H,6,10-14,16-18H2,(H,28,32). The smallest absolute Gasteiger partial charge is 0.223 e. The van der Waals surface area contributed by atoms with Crippen molar-refractivity contribution in [2.45, 2.75) is 38.5 Å². The molecule has 5 rings (SSSR count). The monoisotopic (exact) mass is 427 g/mol. The van der Waals surface area contributed by atoms with Crippen molar-refractivity contribution in [3.05, 3.63) is 71.7 Å². The highest BCUT2D eigenvalue weighted by molar-refractivity contribution is 5.79. The van der Waals surface area contributed by atoms with Gasteiger partial charge in [-0.05, 0) is 44.2 Å². The second kappa shape index (κ2) is 9.47. The van der Waals surface area contributed by atoms with Crippen LogP contribution in [-0.4, -0.2) is 40.5 Å². The van der Waals surface area contributed by atoms with E-state index < -0.39 is 0 Å². The fourth-order valence-electron chi connectivity index (χ4n) is 4.75. The Labute approximate surface area is 189 Å². The maximum Gasteiger partial charge on any atom is 0.223 e. The van der Waals surface area contributed by atoms with Crippen LogP contribution in [0.4, 0.5) is 5.82 Å². The van der Waals surface area contributed by atoms with Gasteiger partial charge < -0.3 is 10.2 Å². The van der Waals surface area contributed by atoms with Crippen molar-refractivity contribution in [3.8, 4) is 11.4 Å². The molecule has 1 aliphatic heterocycles. The number of pyridine rings is 1. The molecule has 1 amide bonds. The van der Waals surface area contributed by atoms with Crippen molar-refractivity contribution >= 4 is 11.7 Å². The Kier molecular flexibility index (Phi) is 6.10. The molecule has 1 fully saturated rings. The summed E-state index contributed by atoms with van der Waals surface area (Å²) in [6.07, 6.45) is 7.49. The first-order valence-electron chi connectivity index (χ1n) is 11.7. The van der Waals surface area contributed by atoms with Gasteiger partial charge >= 0.3 is 0 Å². The van der Waals surface area contributed by atoms with Crippen LogP contribution in [-0.2, 0) is 24.1 Å². The van der Waals surface area contributed by atoms with Crippen molar-refractivity contribution in [3.63, 3.8) is 0 Å². The van der Waals surface area contributed by atoms with Crippen molar-refractivity contribution < 1.29 is 4.79 Å². The number of fused-ring (bicyclic) bond motifs is 1. The first-order chi connectivity index (χ1) is 15.8. The summed E-state index contributed by atoms with van der Waals surface area (Å²) < 4.78 is 0. The van der Waals surface area contributed by atoms with Crippen LogP contribution in [0.15, 0.2) is 54.7 Å². The van der Waals surface area contributed by atoms with Crippen molar-refractivity contribution in [2.75, 3.05) is 24.5 Å². The van der Waals surface area contributed by atoms with Crippen molar-refractivity contribution in [2.24, 2.45) is 5.92 Å². The molecule has 0 radical (unpaired) electrons. The molecule has 0 spiro atoms. The van der Waals surface area contributed by atoms with Gasteiger partial charge in [0.1, 0.15) is 5.82 Å². The van der Waals surface area contributed by atoms with Crippen LogP contribution in [0.25, 0.3) is 11.4 Å². The SMILES string of the molecule is O=C(NCCc1ccccn1)C1CCN(c2nc(-c3ccccc3)nc3c2CCC3)CC1. The molecule has 1 aliphatic carbocycles. The van der Waals surface area contributed by atoms with Gasteiger partial charge in [-0.3, -0.25) is 9.78 Å². The highest BCUT2D eigenvalue weighted by Crippen LogP contribution is 2.33. The number of nitrogens with one attached hydrogen (secondary N) is 1. The molecule has 6 heteroatoms. The number of hydrogen-bond acceptors (Lipinski definition) is 5. The predicted molar refractivity (Wildman–Crippen MR) is 125 cm³/mol. The Hall–Kier alpha value is -3.28. The lowest BCUT2D eigenvalue weighted by Crippen LogP contribution is -2.41. The topological polar surface area (TPSA) is 71.0 Å². The number of hydrogen-bond donors (Lipinski definition) is 1. The fourth-order valence-corrected chi connectivity index (χ4v) is 4.75. The van der Waals surface area contributed by atoms with Crippen LogP contribution in [0.3, 0.4) is 0 Å². The molecule has 0 bridgehead atoms. The normalized spacial score (nSPS) is 16.1. The molecule has 1 N–H and O–H groups in total. The summed E-state index contributed by atoms with van der Waals surface area (Å²) >= 11 is 0. The number of aromatic nitrogens is 3. The number of anilines is 1. The fraction of sp³-hybridized carbons (Fsp3) is 0.385. The summed E-state index contributed by atoms with van der Waals surface area (Å²) in [4.78, 5) is 29.2. The molecule has 6 nitrogen and oxygen atoms in total. The second-order valence-electron chi connectivity index (χ2n) is 8.64. The van der Waals surface area contributed by atoms with E-state index in [9.17, 15) is 4.79 Å².